The third-order valence-electron chi connectivity index (χ3n) is 7.79. The van der Waals surface area contributed by atoms with Gasteiger partial charge in [-0.1, -0.05) is 39.0 Å². The molecule has 0 saturated carbocycles. The summed E-state index contributed by atoms with van der Waals surface area (Å²) in [6.07, 6.45) is 4.30. The second kappa shape index (κ2) is 9.66. The van der Waals surface area contributed by atoms with Crippen LogP contribution in [0.25, 0.3) is 10.9 Å². The van der Waals surface area contributed by atoms with Gasteiger partial charge in [-0.15, -0.1) is 0 Å². The van der Waals surface area contributed by atoms with Crippen molar-refractivity contribution in [3.8, 4) is 0 Å². The van der Waals surface area contributed by atoms with Gasteiger partial charge in [-0.2, -0.15) is 0 Å². The van der Waals surface area contributed by atoms with Crippen LogP contribution in [0.5, 0.6) is 0 Å². The first-order valence-electron chi connectivity index (χ1n) is 12.9. The number of aromatic nitrogens is 2. The van der Waals surface area contributed by atoms with Crippen molar-refractivity contribution in [1.29, 1.82) is 0 Å². The number of carbonyl (C=O) groups excluding carboxylic acids is 2. The summed E-state index contributed by atoms with van der Waals surface area (Å²) in [5.74, 6) is 0.583. The third kappa shape index (κ3) is 4.85. The quantitative estimate of drug-likeness (QED) is 0.225. The number of carbonyl (C=O) groups is 2. The van der Waals surface area contributed by atoms with E-state index < -0.39 is 5.97 Å². The Morgan fingerprint density at radius 1 is 1.14 bits per heavy atom. The summed E-state index contributed by atoms with van der Waals surface area (Å²) in [5, 5.41) is 0.782. The molecule has 37 heavy (non-hydrogen) atoms. The van der Waals surface area contributed by atoms with E-state index in [1.807, 2.05) is 60.9 Å². The molecular weight excluding hydrogens is 464 g/mol. The maximum Gasteiger partial charge on any atom is 0.339 e. The molecule has 0 fully saturated rings. The predicted molar refractivity (Wildman–Crippen MR) is 143 cm³/mol. The molecule has 3 aromatic heterocycles. The molecule has 1 aromatic carbocycles. The first-order valence-corrected chi connectivity index (χ1v) is 12.9. The number of pyridine rings is 1. The fraction of sp³-hybridized carbons (Fsp3) is 0.387. The minimum Gasteiger partial charge on any atom is -0.467 e. The number of benzene rings is 1. The van der Waals surface area contributed by atoms with Gasteiger partial charge < -0.3 is 13.7 Å². The van der Waals surface area contributed by atoms with Gasteiger partial charge in [0.05, 0.1) is 23.9 Å². The molecular formula is C31H34N2O4. The number of ether oxygens (including phenoxy) is 1. The number of hydrogen-bond donors (Lipinski definition) is 0. The molecule has 4 aromatic rings. The van der Waals surface area contributed by atoms with Crippen LogP contribution in [-0.4, -0.2) is 27.9 Å². The van der Waals surface area contributed by atoms with Gasteiger partial charge in [0, 0.05) is 28.0 Å². The van der Waals surface area contributed by atoms with Crippen LogP contribution in [0, 0.1) is 25.2 Å². The van der Waals surface area contributed by atoms with Crippen LogP contribution < -0.4 is 0 Å². The molecule has 6 heteroatoms. The highest BCUT2D eigenvalue weighted by Crippen LogP contribution is 2.39. The van der Waals surface area contributed by atoms with Crippen molar-refractivity contribution < 1.29 is 18.7 Å². The third-order valence-corrected chi connectivity index (χ3v) is 7.79. The van der Waals surface area contributed by atoms with Crippen LogP contribution in [0.15, 0.2) is 53.1 Å². The molecule has 0 aliphatic heterocycles. The first kappa shape index (κ1) is 25.0. The van der Waals surface area contributed by atoms with Crippen molar-refractivity contribution in [3.05, 3.63) is 88.3 Å². The van der Waals surface area contributed by atoms with E-state index in [4.69, 9.17) is 14.1 Å². The first-order chi connectivity index (χ1) is 17.6. The van der Waals surface area contributed by atoms with E-state index in [-0.39, 0.29) is 17.8 Å². The Morgan fingerprint density at radius 3 is 2.65 bits per heavy atom. The lowest BCUT2D eigenvalue weighted by Crippen LogP contribution is -2.29. The number of hydrogen-bond acceptors (Lipinski definition) is 5. The number of furan rings is 1. The molecule has 1 unspecified atom stereocenters. The zero-order valence-electron chi connectivity index (χ0n) is 22.3. The topological polar surface area (TPSA) is 74.3 Å². The van der Waals surface area contributed by atoms with E-state index in [2.05, 4.69) is 20.8 Å². The van der Waals surface area contributed by atoms with Gasteiger partial charge in [0.15, 0.2) is 6.61 Å². The van der Waals surface area contributed by atoms with Crippen molar-refractivity contribution in [2.45, 2.75) is 60.4 Å². The monoisotopic (exact) mass is 498 g/mol. The molecule has 6 nitrogen and oxygen atoms in total. The Morgan fingerprint density at radius 2 is 1.92 bits per heavy atom. The lowest BCUT2D eigenvalue weighted by atomic mass is 9.70. The summed E-state index contributed by atoms with van der Waals surface area (Å²) in [4.78, 5) is 31.6. The fourth-order valence-corrected chi connectivity index (χ4v) is 5.53. The van der Waals surface area contributed by atoms with E-state index >= 15 is 0 Å². The minimum atomic E-state index is -0.456. The van der Waals surface area contributed by atoms with Gasteiger partial charge in [0.1, 0.15) is 5.76 Å². The normalized spacial score (nSPS) is 15.5. The molecule has 0 radical (unpaired) electrons. The van der Waals surface area contributed by atoms with Crippen LogP contribution in [0.2, 0.25) is 0 Å². The molecule has 1 aliphatic rings. The van der Waals surface area contributed by atoms with Crippen molar-refractivity contribution in [3.63, 3.8) is 0 Å². The lowest BCUT2D eigenvalue weighted by Gasteiger charge is -2.35. The number of aryl methyl sites for hydroxylation is 2. The van der Waals surface area contributed by atoms with Crippen molar-refractivity contribution >= 4 is 22.7 Å². The number of ketones is 1. The van der Waals surface area contributed by atoms with Crippen LogP contribution in [-0.2, 0) is 24.1 Å². The van der Waals surface area contributed by atoms with Gasteiger partial charge in [-0.25, -0.2) is 4.79 Å². The number of para-hydroxylation sites is 1. The molecule has 0 bridgehead atoms. The van der Waals surface area contributed by atoms with Crippen molar-refractivity contribution in [2.75, 3.05) is 6.61 Å². The highest BCUT2D eigenvalue weighted by Gasteiger charge is 2.33. The summed E-state index contributed by atoms with van der Waals surface area (Å²) in [5.41, 5.74) is 5.75. The van der Waals surface area contributed by atoms with E-state index in [1.54, 1.807) is 6.26 Å². The summed E-state index contributed by atoms with van der Waals surface area (Å²) in [6, 6.07) is 13.3. The van der Waals surface area contributed by atoms with Gasteiger partial charge in [0.2, 0.25) is 5.78 Å². The van der Waals surface area contributed by atoms with Gasteiger partial charge in [-0.05, 0) is 74.3 Å². The lowest BCUT2D eigenvalue weighted by molar-refractivity contribution is 0.0474. The largest absolute Gasteiger partial charge is 0.467 e. The Kier molecular flexibility index (Phi) is 6.52. The smallest absolute Gasteiger partial charge is 0.339 e. The average Bonchev–Trinajstić information content (AvgIpc) is 3.48. The molecule has 0 spiro atoms. The van der Waals surface area contributed by atoms with Gasteiger partial charge in [0.25, 0.3) is 0 Å². The van der Waals surface area contributed by atoms with Crippen molar-refractivity contribution in [1.82, 2.24) is 9.55 Å². The molecule has 1 atom stereocenters. The molecule has 1 aliphatic carbocycles. The molecule has 3 heterocycles. The number of nitrogens with zero attached hydrogens (tertiary/aromatic N) is 2. The van der Waals surface area contributed by atoms with Crippen LogP contribution in [0.4, 0.5) is 0 Å². The molecule has 0 saturated heterocycles. The standard InChI is InChI=1S/C31H34N2O4/c1-19-15-24(20(2)33(19)17-22-9-8-14-36-22)28(34)18-37-30(35)29-23-10-6-7-11-26(23)32-27-13-12-21(16-25(27)29)31(3,4)5/h6-11,14-15,21H,12-13,16-18H2,1-5H3. The van der Waals surface area contributed by atoms with E-state index in [9.17, 15) is 9.59 Å². The van der Waals surface area contributed by atoms with Crippen LogP contribution in [0.1, 0.15) is 76.3 Å². The second-order valence-corrected chi connectivity index (χ2v) is 11.2. The second-order valence-electron chi connectivity index (χ2n) is 11.2. The fourth-order valence-electron chi connectivity index (χ4n) is 5.53. The maximum atomic E-state index is 13.6. The summed E-state index contributed by atoms with van der Waals surface area (Å²) >= 11 is 0. The summed E-state index contributed by atoms with van der Waals surface area (Å²) < 4.78 is 13.2. The highest BCUT2D eigenvalue weighted by molar-refractivity contribution is 6.06. The number of esters is 1. The molecule has 0 N–H and O–H groups in total. The molecule has 192 valence electrons. The number of rotatable bonds is 6. The Hall–Kier alpha value is -3.67. The zero-order chi connectivity index (χ0) is 26.3. The van der Waals surface area contributed by atoms with Gasteiger partial charge >= 0.3 is 5.97 Å². The Labute approximate surface area is 217 Å². The Bertz CT molecular complexity index is 1470. The van der Waals surface area contributed by atoms with Crippen LogP contribution in [0.3, 0.4) is 0 Å². The number of Topliss-reactive ketones (excluding diaryl/α,β-unsaturated/α-hetero) is 1. The van der Waals surface area contributed by atoms with E-state index in [0.29, 0.717) is 23.6 Å². The highest BCUT2D eigenvalue weighted by atomic mass is 16.5. The zero-order valence-corrected chi connectivity index (χ0v) is 22.3. The van der Waals surface area contributed by atoms with Crippen LogP contribution >= 0.6 is 0 Å². The van der Waals surface area contributed by atoms with E-state index in [0.717, 1.165) is 58.6 Å². The number of fused-ring (bicyclic) bond motifs is 2. The predicted octanol–water partition coefficient (Wildman–Crippen LogP) is 6.49. The molecule has 0 amide bonds. The van der Waals surface area contributed by atoms with E-state index in [1.165, 1.54) is 0 Å². The minimum absolute atomic E-state index is 0.124. The maximum absolute atomic E-state index is 13.6. The average molecular weight is 499 g/mol. The molecule has 5 rings (SSSR count). The summed E-state index contributed by atoms with van der Waals surface area (Å²) in [7, 11) is 0. The van der Waals surface area contributed by atoms with Crippen molar-refractivity contribution in [2.24, 2.45) is 11.3 Å². The van der Waals surface area contributed by atoms with Gasteiger partial charge in [-0.3, -0.25) is 9.78 Å². The SMILES string of the molecule is Cc1cc(C(=O)COC(=O)c2c3c(nc4ccccc24)CCC(C(C)(C)C)C3)c(C)n1Cc1ccco1. The Balaban J connectivity index is 1.41. The summed E-state index contributed by atoms with van der Waals surface area (Å²) in [6.45, 7) is 10.8.